The maximum atomic E-state index is 8.61. The van der Waals surface area contributed by atoms with Gasteiger partial charge in [0, 0.05) is 19.1 Å². The fraction of sp³-hybridized carbons (Fsp3) is 0.900. The number of likely N-dealkylation sites (tertiary alicyclic amines) is 1. The molecular formula is C10H16N2O. The second kappa shape index (κ2) is 3.65. The Hall–Kier alpha value is -0.590. The molecule has 3 nitrogen and oxygen atoms in total. The number of fused-ring (bicyclic) bond motifs is 2. The normalized spacial score (nSPS) is 35.7. The molecule has 3 unspecified atom stereocenters. The first-order valence-corrected chi connectivity index (χ1v) is 5.02. The molecule has 0 aromatic carbocycles. The van der Waals surface area contributed by atoms with Gasteiger partial charge >= 0.3 is 0 Å². The standard InChI is InChI=1S/C10H16N2O/c1-8(2-3-11)12-5-9-4-10(6-12)13-7-9/h8-10H,2,4-7H2,1H3. The lowest BCUT2D eigenvalue weighted by atomic mass is 9.98. The molecule has 2 saturated heterocycles. The average Bonchev–Trinajstić information content (AvgIpc) is 2.46. The van der Waals surface area contributed by atoms with Crippen LogP contribution in [0.3, 0.4) is 0 Å². The van der Waals surface area contributed by atoms with E-state index in [-0.39, 0.29) is 0 Å². The third-order valence-electron chi connectivity index (χ3n) is 3.10. The van der Waals surface area contributed by atoms with Crippen molar-refractivity contribution < 1.29 is 4.74 Å². The van der Waals surface area contributed by atoms with Gasteiger partial charge in [0.05, 0.1) is 25.2 Å². The third-order valence-corrected chi connectivity index (χ3v) is 3.10. The van der Waals surface area contributed by atoms with E-state index < -0.39 is 0 Å². The summed E-state index contributed by atoms with van der Waals surface area (Å²) in [5, 5.41) is 8.61. The SMILES string of the molecule is CC(CC#N)N1CC2COC(C2)C1. The largest absolute Gasteiger partial charge is 0.377 e. The highest BCUT2D eigenvalue weighted by atomic mass is 16.5. The lowest BCUT2D eigenvalue weighted by Gasteiger charge is -2.33. The monoisotopic (exact) mass is 180 g/mol. The van der Waals surface area contributed by atoms with Crippen LogP contribution in [0.15, 0.2) is 0 Å². The van der Waals surface area contributed by atoms with Crippen molar-refractivity contribution in [2.45, 2.75) is 31.9 Å². The van der Waals surface area contributed by atoms with Gasteiger partial charge in [-0.05, 0) is 19.3 Å². The Morgan fingerprint density at radius 2 is 2.46 bits per heavy atom. The third kappa shape index (κ3) is 1.84. The second-order valence-electron chi connectivity index (χ2n) is 4.22. The summed E-state index contributed by atoms with van der Waals surface area (Å²) in [5.41, 5.74) is 0. The minimum Gasteiger partial charge on any atom is -0.377 e. The molecule has 2 rings (SSSR count). The number of hydrogen-bond donors (Lipinski definition) is 0. The summed E-state index contributed by atoms with van der Waals surface area (Å²) < 4.78 is 5.61. The van der Waals surface area contributed by atoms with Gasteiger partial charge in [0.1, 0.15) is 0 Å². The number of hydrogen-bond acceptors (Lipinski definition) is 3. The number of piperidine rings is 1. The fourth-order valence-corrected chi connectivity index (χ4v) is 2.32. The molecule has 2 fully saturated rings. The molecule has 0 amide bonds. The smallest absolute Gasteiger partial charge is 0.0706 e. The summed E-state index contributed by atoms with van der Waals surface area (Å²) in [4.78, 5) is 2.40. The van der Waals surface area contributed by atoms with Gasteiger partial charge in [-0.15, -0.1) is 0 Å². The Kier molecular flexibility index (Phi) is 2.52. The maximum absolute atomic E-state index is 8.61. The first kappa shape index (κ1) is 8.98. The highest BCUT2D eigenvalue weighted by Gasteiger charge is 2.35. The first-order valence-electron chi connectivity index (χ1n) is 5.02. The van der Waals surface area contributed by atoms with E-state index >= 15 is 0 Å². The molecule has 2 bridgehead atoms. The molecule has 13 heavy (non-hydrogen) atoms. The van der Waals surface area contributed by atoms with Crippen molar-refractivity contribution >= 4 is 0 Å². The minimum absolute atomic E-state index is 0.400. The molecule has 2 heterocycles. The average molecular weight is 180 g/mol. The van der Waals surface area contributed by atoms with E-state index in [1.165, 1.54) is 6.42 Å². The summed E-state index contributed by atoms with van der Waals surface area (Å²) >= 11 is 0. The summed E-state index contributed by atoms with van der Waals surface area (Å²) in [5.74, 6) is 0.722. The molecule has 0 radical (unpaired) electrons. The van der Waals surface area contributed by atoms with E-state index in [0.717, 1.165) is 25.6 Å². The van der Waals surface area contributed by atoms with Crippen LogP contribution in [0, 0.1) is 17.2 Å². The summed E-state index contributed by atoms with van der Waals surface area (Å²) in [7, 11) is 0. The molecule has 72 valence electrons. The Labute approximate surface area is 79.3 Å². The zero-order valence-electron chi connectivity index (χ0n) is 8.07. The van der Waals surface area contributed by atoms with E-state index in [1.807, 2.05) is 0 Å². The second-order valence-corrected chi connectivity index (χ2v) is 4.22. The highest BCUT2D eigenvalue weighted by molar-refractivity contribution is 4.89. The number of nitrogens with zero attached hydrogens (tertiary/aromatic N) is 2. The van der Waals surface area contributed by atoms with Gasteiger partial charge in [0.15, 0.2) is 0 Å². The van der Waals surface area contributed by atoms with Crippen LogP contribution in [0.1, 0.15) is 19.8 Å². The van der Waals surface area contributed by atoms with Crippen LogP contribution in [-0.4, -0.2) is 36.7 Å². The molecular weight excluding hydrogens is 164 g/mol. The molecule has 3 heteroatoms. The molecule has 0 aromatic heterocycles. The molecule has 3 atom stereocenters. The topological polar surface area (TPSA) is 36.3 Å². The van der Waals surface area contributed by atoms with Crippen LogP contribution in [0.5, 0.6) is 0 Å². The number of nitriles is 1. The van der Waals surface area contributed by atoms with Crippen LogP contribution >= 0.6 is 0 Å². The Balaban J connectivity index is 1.91. The van der Waals surface area contributed by atoms with Crippen molar-refractivity contribution in [2.75, 3.05) is 19.7 Å². The van der Waals surface area contributed by atoms with Crippen LogP contribution in [0.25, 0.3) is 0 Å². The van der Waals surface area contributed by atoms with Gasteiger partial charge in [-0.1, -0.05) is 0 Å². The van der Waals surface area contributed by atoms with Gasteiger partial charge in [-0.3, -0.25) is 4.90 Å². The number of ether oxygens (including phenoxy) is 1. The van der Waals surface area contributed by atoms with Crippen LogP contribution in [0.2, 0.25) is 0 Å². The zero-order chi connectivity index (χ0) is 9.26. The molecule has 0 N–H and O–H groups in total. The molecule has 0 spiro atoms. The van der Waals surface area contributed by atoms with E-state index in [0.29, 0.717) is 18.6 Å². The Morgan fingerprint density at radius 1 is 1.62 bits per heavy atom. The Morgan fingerprint density at radius 3 is 3.15 bits per heavy atom. The number of rotatable bonds is 2. The van der Waals surface area contributed by atoms with Crippen molar-refractivity contribution in [3.63, 3.8) is 0 Å². The summed E-state index contributed by atoms with van der Waals surface area (Å²) in [6.07, 6.45) is 2.31. The molecule has 0 aliphatic carbocycles. The predicted octanol–water partition coefficient (Wildman–Crippen LogP) is 1.01. The van der Waals surface area contributed by atoms with Gasteiger partial charge in [0.25, 0.3) is 0 Å². The Bertz CT molecular complexity index is 211. The van der Waals surface area contributed by atoms with Crippen LogP contribution < -0.4 is 0 Å². The zero-order valence-corrected chi connectivity index (χ0v) is 8.07. The van der Waals surface area contributed by atoms with Crippen LogP contribution in [-0.2, 0) is 4.74 Å². The summed E-state index contributed by atoms with van der Waals surface area (Å²) in [6.45, 7) is 5.22. The van der Waals surface area contributed by atoms with Gasteiger partial charge in [0.2, 0.25) is 0 Å². The van der Waals surface area contributed by atoms with E-state index in [2.05, 4.69) is 17.9 Å². The highest BCUT2D eigenvalue weighted by Crippen LogP contribution is 2.28. The van der Waals surface area contributed by atoms with Crippen molar-refractivity contribution in [1.29, 1.82) is 5.26 Å². The first-order chi connectivity index (χ1) is 6.29. The lowest BCUT2D eigenvalue weighted by molar-refractivity contribution is 0.0703. The van der Waals surface area contributed by atoms with Crippen LogP contribution in [0.4, 0.5) is 0 Å². The van der Waals surface area contributed by atoms with E-state index in [9.17, 15) is 0 Å². The molecule has 2 aliphatic rings. The van der Waals surface area contributed by atoms with Crippen molar-refractivity contribution in [2.24, 2.45) is 5.92 Å². The predicted molar refractivity (Wildman–Crippen MR) is 49.1 cm³/mol. The van der Waals surface area contributed by atoms with Gasteiger partial charge in [-0.2, -0.15) is 5.26 Å². The molecule has 0 aromatic rings. The van der Waals surface area contributed by atoms with Gasteiger partial charge in [-0.25, -0.2) is 0 Å². The quantitative estimate of drug-likeness (QED) is 0.636. The van der Waals surface area contributed by atoms with E-state index in [1.54, 1.807) is 0 Å². The van der Waals surface area contributed by atoms with Crippen molar-refractivity contribution in [3.8, 4) is 6.07 Å². The van der Waals surface area contributed by atoms with Gasteiger partial charge < -0.3 is 4.74 Å². The fourth-order valence-electron chi connectivity index (χ4n) is 2.32. The van der Waals surface area contributed by atoms with Crippen molar-refractivity contribution in [1.82, 2.24) is 4.90 Å². The minimum atomic E-state index is 0.400. The summed E-state index contributed by atoms with van der Waals surface area (Å²) in [6, 6.07) is 2.63. The molecule has 2 aliphatic heterocycles. The van der Waals surface area contributed by atoms with E-state index in [4.69, 9.17) is 10.00 Å². The lowest BCUT2D eigenvalue weighted by Crippen LogP contribution is -2.44. The van der Waals surface area contributed by atoms with Crippen molar-refractivity contribution in [3.05, 3.63) is 0 Å². The molecule has 0 saturated carbocycles. The maximum Gasteiger partial charge on any atom is 0.0706 e.